The zero-order valence-corrected chi connectivity index (χ0v) is 9.40. The van der Waals surface area contributed by atoms with Gasteiger partial charge in [0.1, 0.15) is 4.90 Å². The minimum Gasteiger partial charge on any atom is -0.274 e. The molecule has 16 heavy (non-hydrogen) atoms. The number of sulfonamides is 1. The molecule has 1 heterocycles. The Morgan fingerprint density at radius 1 is 1.56 bits per heavy atom. The molecule has 1 rings (SSSR count). The molecule has 0 aliphatic heterocycles. The van der Waals surface area contributed by atoms with Crippen molar-refractivity contribution in [3.8, 4) is 0 Å². The van der Waals surface area contributed by atoms with E-state index >= 15 is 0 Å². The number of nitrogens with zero attached hydrogens (tertiary/aromatic N) is 1. The Bertz CT molecular complexity index is 468. The minimum absolute atomic E-state index is 0.0260. The van der Waals surface area contributed by atoms with Crippen LogP contribution in [0.2, 0.25) is 0 Å². The molecule has 1 N–H and O–H groups in total. The fourth-order valence-corrected chi connectivity index (χ4v) is 1.98. The third-order valence-electron chi connectivity index (χ3n) is 1.77. The molecule has 86 valence electrons. The van der Waals surface area contributed by atoms with Crippen LogP contribution in [0.4, 0.5) is 0 Å². The number of nitrogens with one attached hydrogen (secondary N) is 1. The van der Waals surface area contributed by atoms with Gasteiger partial charge < -0.3 is 0 Å². The lowest BCUT2D eigenvalue weighted by molar-refractivity contribution is -0.119. The second kappa shape index (κ2) is 5.41. The minimum atomic E-state index is -3.79. The largest absolute Gasteiger partial charge is 0.274 e. The average Bonchev–Trinajstić information content (AvgIpc) is 2.27. The molecule has 0 radical (unpaired) electrons. The Balaban J connectivity index is 2.73. The smallest absolute Gasteiger partial charge is 0.265 e. The first-order chi connectivity index (χ1) is 7.56. The molecule has 0 saturated heterocycles. The van der Waals surface area contributed by atoms with Crippen molar-refractivity contribution in [1.82, 2.24) is 9.71 Å². The lowest BCUT2D eigenvalue weighted by Crippen LogP contribution is -2.30. The Labute approximate surface area is 94.3 Å². The van der Waals surface area contributed by atoms with Crippen molar-refractivity contribution in [1.29, 1.82) is 0 Å². The summed E-state index contributed by atoms with van der Waals surface area (Å²) in [4.78, 5) is 14.9. The van der Waals surface area contributed by atoms with E-state index in [2.05, 4.69) is 11.6 Å². The van der Waals surface area contributed by atoms with Crippen LogP contribution in [0.15, 0.2) is 42.1 Å². The molecular weight excluding hydrogens is 228 g/mol. The quantitative estimate of drug-likeness (QED) is 0.774. The van der Waals surface area contributed by atoms with E-state index in [0.717, 1.165) is 0 Å². The third kappa shape index (κ3) is 3.47. The molecule has 0 spiro atoms. The van der Waals surface area contributed by atoms with E-state index in [9.17, 15) is 13.2 Å². The highest BCUT2D eigenvalue weighted by atomic mass is 32.2. The van der Waals surface area contributed by atoms with Gasteiger partial charge in [0, 0.05) is 18.8 Å². The number of hydrogen-bond donors (Lipinski definition) is 1. The monoisotopic (exact) mass is 240 g/mol. The normalized spacial score (nSPS) is 10.8. The van der Waals surface area contributed by atoms with Gasteiger partial charge in [0.05, 0.1) is 0 Å². The third-order valence-corrected chi connectivity index (χ3v) is 3.13. The van der Waals surface area contributed by atoms with Crippen LogP contribution in [0.25, 0.3) is 0 Å². The maximum Gasteiger partial charge on any atom is 0.265 e. The predicted octanol–water partition coefficient (Wildman–Crippen LogP) is 0.853. The van der Waals surface area contributed by atoms with E-state index in [1.54, 1.807) is 6.08 Å². The zero-order valence-electron chi connectivity index (χ0n) is 8.59. The number of aromatic nitrogens is 1. The number of pyridine rings is 1. The molecule has 0 unspecified atom stereocenters. The van der Waals surface area contributed by atoms with Gasteiger partial charge in [-0.2, -0.15) is 0 Å². The van der Waals surface area contributed by atoms with Gasteiger partial charge in [-0.25, -0.2) is 13.1 Å². The highest BCUT2D eigenvalue weighted by Crippen LogP contribution is 2.05. The summed E-state index contributed by atoms with van der Waals surface area (Å²) in [5.41, 5.74) is 0. The summed E-state index contributed by atoms with van der Waals surface area (Å²) in [5.74, 6) is -0.552. The van der Waals surface area contributed by atoms with Crippen molar-refractivity contribution in [2.45, 2.75) is 17.7 Å². The molecule has 0 atom stereocenters. The number of amides is 1. The second-order valence-electron chi connectivity index (χ2n) is 3.04. The van der Waals surface area contributed by atoms with Gasteiger partial charge in [-0.15, -0.1) is 6.58 Å². The second-order valence-corrected chi connectivity index (χ2v) is 4.73. The maximum absolute atomic E-state index is 11.6. The van der Waals surface area contributed by atoms with Crippen molar-refractivity contribution in [2.24, 2.45) is 0 Å². The van der Waals surface area contributed by atoms with Gasteiger partial charge in [0.2, 0.25) is 5.91 Å². The first-order valence-corrected chi connectivity index (χ1v) is 6.11. The van der Waals surface area contributed by atoms with Gasteiger partial charge in [-0.1, -0.05) is 6.08 Å². The molecule has 0 aromatic carbocycles. The van der Waals surface area contributed by atoms with Gasteiger partial charge in [-0.3, -0.25) is 9.78 Å². The van der Waals surface area contributed by atoms with Gasteiger partial charge in [0.15, 0.2) is 0 Å². The van der Waals surface area contributed by atoms with Crippen LogP contribution in [0.1, 0.15) is 12.8 Å². The molecule has 6 heteroatoms. The van der Waals surface area contributed by atoms with Gasteiger partial charge in [-0.05, 0) is 18.6 Å². The van der Waals surface area contributed by atoms with E-state index in [1.165, 1.54) is 24.5 Å². The van der Waals surface area contributed by atoms with Crippen LogP contribution in [0, 0.1) is 0 Å². The summed E-state index contributed by atoms with van der Waals surface area (Å²) in [6.07, 6.45) is 4.73. The van der Waals surface area contributed by atoms with E-state index in [0.29, 0.717) is 6.42 Å². The van der Waals surface area contributed by atoms with E-state index < -0.39 is 15.9 Å². The number of carbonyl (C=O) groups excluding carboxylic acids is 1. The molecular formula is C10H12N2O3S. The summed E-state index contributed by atoms with van der Waals surface area (Å²) < 4.78 is 25.2. The molecule has 0 aliphatic carbocycles. The Kier molecular flexibility index (Phi) is 4.19. The Morgan fingerprint density at radius 3 is 2.88 bits per heavy atom. The van der Waals surface area contributed by atoms with Crippen LogP contribution in [-0.2, 0) is 14.8 Å². The van der Waals surface area contributed by atoms with Crippen molar-refractivity contribution < 1.29 is 13.2 Å². The first-order valence-electron chi connectivity index (χ1n) is 4.63. The summed E-state index contributed by atoms with van der Waals surface area (Å²) in [5, 5.41) is 0. The van der Waals surface area contributed by atoms with E-state index in [4.69, 9.17) is 0 Å². The van der Waals surface area contributed by atoms with Crippen molar-refractivity contribution in [3.05, 3.63) is 37.2 Å². The number of allylic oxidation sites excluding steroid dienone is 1. The summed E-state index contributed by atoms with van der Waals surface area (Å²) in [6, 6.07) is 2.86. The van der Waals surface area contributed by atoms with E-state index in [1.807, 2.05) is 4.72 Å². The number of rotatable bonds is 5. The topological polar surface area (TPSA) is 76.1 Å². The fraction of sp³-hybridized carbons (Fsp3) is 0.200. The fourth-order valence-electron chi connectivity index (χ4n) is 0.999. The van der Waals surface area contributed by atoms with Crippen LogP contribution in [0.3, 0.4) is 0 Å². The number of hydrogen-bond acceptors (Lipinski definition) is 4. The number of carbonyl (C=O) groups is 1. The van der Waals surface area contributed by atoms with Gasteiger partial charge in [0.25, 0.3) is 10.0 Å². The zero-order chi connectivity index (χ0) is 12.0. The Morgan fingerprint density at radius 2 is 2.31 bits per heavy atom. The van der Waals surface area contributed by atoms with Crippen LogP contribution in [0.5, 0.6) is 0 Å². The molecule has 1 amide bonds. The van der Waals surface area contributed by atoms with Crippen molar-refractivity contribution >= 4 is 15.9 Å². The SMILES string of the molecule is C=CCCC(=O)NS(=O)(=O)c1cccnc1. The Hall–Kier alpha value is -1.69. The van der Waals surface area contributed by atoms with Gasteiger partial charge >= 0.3 is 0 Å². The average molecular weight is 240 g/mol. The molecule has 0 bridgehead atoms. The van der Waals surface area contributed by atoms with Crippen molar-refractivity contribution in [3.63, 3.8) is 0 Å². The lowest BCUT2D eigenvalue weighted by Gasteiger charge is -2.05. The summed E-state index contributed by atoms with van der Waals surface area (Å²) in [7, 11) is -3.79. The first kappa shape index (κ1) is 12.4. The highest BCUT2D eigenvalue weighted by Gasteiger charge is 2.16. The predicted molar refractivity (Wildman–Crippen MR) is 59.0 cm³/mol. The molecule has 1 aromatic rings. The standard InChI is InChI=1S/C10H12N2O3S/c1-2-3-6-10(13)12-16(14,15)9-5-4-7-11-8-9/h2,4-5,7-8H,1,3,6H2,(H,12,13). The maximum atomic E-state index is 11.6. The molecule has 1 aromatic heterocycles. The molecule has 0 aliphatic rings. The molecule has 5 nitrogen and oxygen atoms in total. The highest BCUT2D eigenvalue weighted by molar-refractivity contribution is 7.90. The van der Waals surface area contributed by atoms with Crippen molar-refractivity contribution in [2.75, 3.05) is 0 Å². The van der Waals surface area contributed by atoms with Crippen LogP contribution >= 0.6 is 0 Å². The molecule has 0 fully saturated rings. The van der Waals surface area contributed by atoms with Crippen LogP contribution in [-0.4, -0.2) is 19.3 Å². The lowest BCUT2D eigenvalue weighted by atomic mass is 10.3. The molecule has 0 saturated carbocycles. The summed E-state index contributed by atoms with van der Waals surface area (Å²) >= 11 is 0. The van der Waals surface area contributed by atoms with E-state index in [-0.39, 0.29) is 11.3 Å². The van der Waals surface area contributed by atoms with Crippen LogP contribution < -0.4 is 4.72 Å². The summed E-state index contributed by atoms with van der Waals surface area (Å²) in [6.45, 7) is 3.45.